The number of hydrogen-bond donors (Lipinski definition) is 5. The Balaban J connectivity index is 1.34. The molecular formula is C38H46N4O6S2. The number of aliphatic hydroxyl groups is 2. The molecule has 0 radical (unpaired) electrons. The summed E-state index contributed by atoms with van der Waals surface area (Å²) in [4.78, 5) is 56.3. The van der Waals surface area contributed by atoms with Crippen molar-refractivity contribution >= 4 is 47.2 Å². The SMILES string of the molecule is CSC[C@H](NC(=O)Cc1ccccc1C)C(=O)N[C@@H](Cc1ccccc1)[C@H](O)C(=O)N1CSC(C)(C)[C@H]1C(=O)N[C@H]1c2ccccc2C[C@@H]1O. The van der Waals surface area contributed by atoms with Gasteiger partial charge in [-0.1, -0.05) is 78.9 Å². The molecule has 5 rings (SSSR count). The van der Waals surface area contributed by atoms with Crippen LogP contribution < -0.4 is 16.0 Å². The summed E-state index contributed by atoms with van der Waals surface area (Å²) < 4.78 is -0.703. The second-order valence-corrected chi connectivity index (χ2v) is 16.0. The molecule has 6 atom stereocenters. The van der Waals surface area contributed by atoms with Crippen LogP contribution in [0.25, 0.3) is 0 Å². The standard InChI is InChI=1S/C38H46N4O6S2/c1-23-12-8-9-15-25(23)20-31(44)39-29(21-49-4)35(46)40-28(18-24-13-6-5-7-14-24)33(45)37(48)42-22-50-38(2,3)34(42)36(47)41-32-27-17-11-10-16-26(27)19-30(32)43/h5-17,28-30,32-34,43,45H,18-22H2,1-4H3,(H,39,44)(H,40,46)(H,41,47)/t28-,29-,30-,32-,33-,34+/m0/s1. The molecule has 12 heteroatoms. The number of carbonyl (C=O) groups is 4. The first-order valence-corrected chi connectivity index (χ1v) is 19.1. The van der Waals surface area contributed by atoms with Crippen LogP contribution >= 0.6 is 23.5 Å². The van der Waals surface area contributed by atoms with E-state index in [0.29, 0.717) is 6.42 Å². The number of rotatable bonds is 13. The lowest BCUT2D eigenvalue weighted by atomic mass is 9.96. The molecule has 0 saturated carbocycles. The predicted molar refractivity (Wildman–Crippen MR) is 197 cm³/mol. The van der Waals surface area contributed by atoms with Crippen LogP contribution in [0.4, 0.5) is 0 Å². The quantitative estimate of drug-likeness (QED) is 0.181. The fourth-order valence-electron chi connectivity index (χ4n) is 6.70. The van der Waals surface area contributed by atoms with E-state index in [1.807, 2.05) is 106 Å². The number of hydrogen-bond acceptors (Lipinski definition) is 8. The molecule has 3 aromatic carbocycles. The lowest BCUT2D eigenvalue weighted by Gasteiger charge is -2.34. The van der Waals surface area contributed by atoms with Crippen LogP contribution in [0.2, 0.25) is 0 Å². The first-order chi connectivity index (χ1) is 23.9. The largest absolute Gasteiger partial charge is 0.390 e. The van der Waals surface area contributed by atoms with Crippen LogP contribution in [0.15, 0.2) is 78.9 Å². The maximum absolute atomic E-state index is 14.2. The van der Waals surface area contributed by atoms with Gasteiger partial charge in [0, 0.05) is 16.9 Å². The van der Waals surface area contributed by atoms with E-state index in [-0.39, 0.29) is 30.4 Å². The van der Waals surface area contributed by atoms with Crippen molar-refractivity contribution in [2.45, 2.75) is 81.2 Å². The normalized spacial score (nSPS) is 21.1. The Kier molecular flexibility index (Phi) is 12.3. The van der Waals surface area contributed by atoms with Crippen LogP contribution in [0.5, 0.6) is 0 Å². The fraction of sp³-hybridized carbons (Fsp3) is 0.421. The fourth-order valence-corrected chi connectivity index (χ4v) is 8.41. The molecule has 266 valence electrons. The molecule has 1 saturated heterocycles. The highest BCUT2D eigenvalue weighted by molar-refractivity contribution is 8.00. The summed E-state index contributed by atoms with van der Waals surface area (Å²) in [6.45, 7) is 5.67. The Bertz CT molecular complexity index is 1690. The maximum atomic E-state index is 14.2. The van der Waals surface area contributed by atoms with E-state index in [9.17, 15) is 29.4 Å². The van der Waals surface area contributed by atoms with Crippen LogP contribution in [-0.4, -0.2) is 91.7 Å². The van der Waals surface area contributed by atoms with Crippen molar-refractivity contribution in [3.63, 3.8) is 0 Å². The van der Waals surface area contributed by atoms with Crippen molar-refractivity contribution in [3.8, 4) is 0 Å². The highest BCUT2D eigenvalue weighted by Crippen LogP contribution is 2.41. The third-order valence-electron chi connectivity index (χ3n) is 9.44. The lowest BCUT2D eigenvalue weighted by molar-refractivity contribution is -0.148. The first kappa shape index (κ1) is 37.4. The van der Waals surface area contributed by atoms with E-state index in [4.69, 9.17) is 0 Å². The molecule has 50 heavy (non-hydrogen) atoms. The molecule has 1 heterocycles. The smallest absolute Gasteiger partial charge is 0.254 e. The van der Waals surface area contributed by atoms with Gasteiger partial charge in [-0.15, -0.1) is 11.8 Å². The van der Waals surface area contributed by atoms with Crippen molar-refractivity contribution in [1.29, 1.82) is 0 Å². The Morgan fingerprint density at radius 1 is 0.980 bits per heavy atom. The number of nitrogens with zero attached hydrogens (tertiary/aromatic N) is 1. The second-order valence-electron chi connectivity index (χ2n) is 13.5. The van der Waals surface area contributed by atoms with Gasteiger partial charge in [-0.2, -0.15) is 11.8 Å². The van der Waals surface area contributed by atoms with Gasteiger partial charge in [-0.05, 0) is 61.3 Å². The Morgan fingerprint density at radius 3 is 2.38 bits per heavy atom. The van der Waals surface area contributed by atoms with Gasteiger partial charge in [0.25, 0.3) is 5.91 Å². The topological polar surface area (TPSA) is 148 Å². The van der Waals surface area contributed by atoms with Crippen molar-refractivity contribution in [1.82, 2.24) is 20.9 Å². The lowest BCUT2D eigenvalue weighted by Crippen LogP contribution is -2.60. The van der Waals surface area contributed by atoms with Crippen molar-refractivity contribution in [2.24, 2.45) is 0 Å². The molecule has 2 aliphatic rings. The Morgan fingerprint density at radius 2 is 1.66 bits per heavy atom. The maximum Gasteiger partial charge on any atom is 0.254 e. The summed E-state index contributed by atoms with van der Waals surface area (Å²) in [5, 5.41) is 31.2. The Hall–Kier alpha value is -3.84. The number of benzene rings is 3. The Labute approximate surface area is 302 Å². The summed E-state index contributed by atoms with van der Waals surface area (Å²) in [5.74, 6) is -1.53. The van der Waals surface area contributed by atoms with Gasteiger partial charge in [0.15, 0.2) is 6.10 Å². The van der Waals surface area contributed by atoms with Gasteiger partial charge in [-0.3, -0.25) is 19.2 Å². The van der Waals surface area contributed by atoms with Gasteiger partial charge >= 0.3 is 0 Å². The second kappa shape index (κ2) is 16.5. The molecule has 4 amide bonds. The number of aryl methyl sites for hydroxylation is 1. The van der Waals surface area contributed by atoms with E-state index in [2.05, 4.69) is 16.0 Å². The molecule has 1 aliphatic carbocycles. The molecule has 0 spiro atoms. The van der Waals surface area contributed by atoms with Crippen molar-refractivity contribution in [2.75, 3.05) is 17.9 Å². The van der Waals surface area contributed by atoms with Crippen molar-refractivity contribution in [3.05, 3.63) is 107 Å². The van der Waals surface area contributed by atoms with Crippen LogP contribution in [0, 0.1) is 6.92 Å². The zero-order valence-electron chi connectivity index (χ0n) is 28.8. The summed E-state index contributed by atoms with van der Waals surface area (Å²) >= 11 is 2.81. The van der Waals surface area contributed by atoms with Gasteiger partial charge in [0.05, 0.1) is 30.5 Å². The summed E-state index contributed by atoms with van der Waals surface area (Å²) in [6.07, 6.45) is -0.0199. The van der Waals surface area contributed by atoms with Crippen LogP contribution in [-0.2, 0) is 38.4 Å². The molecule has 3 aromatic rings. The van der Waals surface area contributed by atoms with E-state index >= 15 is 0 Å². The number of carbonyl (C=O) groups excluding carboxylic acids is 4. The highest BCUT2D eigenvalue weighted by atomic mass is 32.2. The van der Waals surface area contributed by atoms with E-state index in [0.717, 1.165) is 27.8 Å². The molecule has 0 aromatic heterocycles. The molecule has 1 aliphatic heterocycles. The van der Waals surface area contributed by atoms with Crippen molar-refractivity contribution < 1.29 is 29.4 Å². The first-order valence-electron chi connectivity index (χ1n) is 16.8. The number of thioether (sulfide) groups is 2. The number of aliphatic hydroxyl groups excluding tert-OH is 2. The average Bonchev–Trinajstić information content (AvgIpc) is 3.59. The minimum Gasteiger partial charge on any atom is -0.390 e. The van der Waals surface area contributed by atoms with Gasteiger partial charge in [-0.25, -0.2) is 0 Å². The minimum absolute atomic E-state index is 0.106. The highest BCUT2D eigenvalue weighted by Gasteiger charge is 2.51. The number of fused-ring (bicyclic) bond motifs is 1. The molecule has 0 bridgehead atoms. The number of amides is 4. The molecular weight excluding hydrogens is 673 g/mol. The van der Waals surface area contributed by atoms with Crippen LogP contribution in [0.1, 0.15) is 47.7 Å². The molecule has 0 unspecified atom stereocenters. The zero-order valence-corrected chi connectivity index (χ0v) is 30.4. The molecule has 1 fully saturated rings. The zero-order chi connectivity index (χ0) is 36.0. The third-order valence-corrected chi connectivity index (χ3v) is 11.5. The van der Waals surface area contributed by atoms with E-state index in [1.54, 1.807) is 0 Å². The van der Waals surface area contributed by atoms with Crippen LogP contribution in [0.3, 0.4) is 0 Å². The minimum atomic E-state index is -1.70. The third kappa shape index (κ3) is 8.71. The predicted octanol–water partition coefficient (Wildman–Crippen LogP) is 2.93. The summed E-state index contributed by atoms with van der Waals surface area (Å²) in [5.41, 5.74) is 4.41. The molecule has 10 nitrogen and oxygen atoms in total. The van der Waals surface area contributed by atoms with E-state index in [1.165, 1.54) is 28.4 Å². The summed E-state index contributed by atoms with van der Waals surface area (Å²) in [7, 11) is 0. The van der Waals surface area contributed by atoms with Gasteiger partial charge in [0.2, 0.25) is 17.7 Å². The molecule has 5 N–H and O–H groups in total. The summed E-state index contributed by atoms with van der Waals surface area (Å²) in [6, 6.07) is 20.8. The van der Waals surface area contributed by atoms with Gasteiger partial charge < -0.3 is 31.1 Å². The average molecular weight is 719 g/mol. The van der Waals surface area contributed by atoms with E-state index < -0.39 is 58.8 Å². The number of nitrogens with one attached hydrogen (secondary N) is 3. The van der Waals surface area contributed by atoms with Gasteiger partial charge in [0.1, 0.15) is 12.1 Å². The monoisotopic (exact) mass is 718 g/mol.